The zero-order valence-corrected chi connectivity index (χ0v) is 19.5. The van der Waals surface area contributed by atoms with Crippen molar-refractivity contribution in [1.82, 2.24) is 0 Å². The molecule has 0 unspecified atom stereocenters. The molecule has 1 fully saturated rings. The fourth-order valence-corrected chi connectivity index (χ4v) is 4.65. The summed E-state index contributed by atoms with van der Waals surface area (Å²) in [5.41, 5.74) is 0.0886. The summed E-state index contributed by atoms with van der Waals surface area (Å²) in [5, 5.41) is 11.9. The van der Waals surface area contributed by atoms with Crippen LogP contribution < -0.4 is 4.90 Å². The van der Waals surface area contributed by atoms with Crippen LogP contribution in [-0.2, 0) is 29.5 Å². The molecule has 3 rings (SSSR count). The third-order valence-corrected chi connectivity index (χ3v) is 6.17. The average molecular weight is 454 g/mol. The molecule has 7 heteroatoms. The zero-order valence-electron chi connectivity index (χ0n) is 19.5. The number of ether oxygens (including phenoxy) is 2. The molecular weight excluding hydrogens is 422 g/mol. The number of esters is 2. The van der Waals surface area contributed by atoms with Crippen LogP contribution in [0.2, 0.25) is 0 Å². The van der Waals surface area contributed by atoms with Gasteiger partial charge in [0.15, 0.2) is 5.78 Å². The van der Waals surface area contributed by atoms with Gasteiger partial charge in [0.2, 0.25) is 0 Å². The van der Waals surface area contributed by atoms with Gasteiger partial charge in [0.05, 0.1) is 19.1 Å². The topological polar surface area (TPSA) is 93.1 Å². The van der Waals surface area contributed by atoms with Gasteiger partial charge in [0.25, 0.3) is 0 Å². The number of rotatable bonds is 7. The Kier molecular flexibility index (Phi) is 7.53. The summed E-state index contributed by atoms with van der Waals surface area (Å²) < 4.78 is 10.6. The highest BCUT2D eigenvalue weighted by Crippen LogP contribution is 2.51. The predicted molar refractivity (Wildman–Crippen MR) is 124 cm³/mol. The van der Waals surface area contributed by atoms with E-state index in [9.17, 15) is 19.5 Å². The number of anilines is 1. The summed E-state index contributed by atoms with van der Waals surface area (Å²) in [6.45, 7) is 3.54. The van der Waals surface area contributed by atoms with Crippen molar-refractivity contribution in [2.75, 3.05) is 32.2 Å². The van der Waals surface area contributed by atoms with E-state index in [1.165, 1.54) is 0 Å². The maximum absolute atomic E-state index is 13.4. The minimum atomic E-state index is -1.83. The molecule has 0 bridgehead atoms. The molecule has 2 aromatic carbocycles. The number of hydrogen-bond acceptors (Lipinski definition) is 7. The van der Waals surface area contributed by atoms with E-state index in [-0.39, 0.29) is 13.2 Å². The van der Waals surface area contributed by atoms with Crippen molar-refractivity contribution in [2.24, 2.45) is 11.8 Å². The Morgan fingerprint density at radius 2 is 1.55 bits per heavy atom. The van der Waals surface area contributed by atoms with Crippen LogP contribution in [0.25, 0.3) is 0 Å². The summed E-state index contributed by atoms with van der Waals surface area (Å²) in [4.78, 5) is 41.6. The fourth-order valence-electron chi connectivity index (χ4n) is 4.65. The van der Waals surface area contributed by atoms with Gasteiger partial charge in [0, 0.05) is 32.1 Å². The highest BCUT2D eigenvalue weighted by molar-refractivity contribution is 6.03. The molecule has 176 valence electrons. The first-order valence-electron chi connectivity index (χ1n) is 11.2. The lowest BCUT2D eigenvalue weighted by atomic mass is 9.59. The normalized spacial score (nSPS) is 24.8. The number of carbonyl (C=O) groups excluding carboxylic acids is 3. The lowest BCUT2D eigenvalue weighted by molar-refractivity contribution is -0.176. The van der Waals surface area contributed by atoms with Gasteiger partial charge in [-0.25, -0.2) is 0 Å². The summed E-state index contributed by atoms with van der Waals surface area (Å²) in [6, 6.07) is 15.9. The number of nitrogens with zero attached hydrogens (tertiary/aromatic N) is 1. The van der Waals surface area contributed by atoms with Crippen molar-refractivity contribution in [3.05, 3.63) is 65.7 Å². The van der Waals surface area contributed by atoms with Crippen LogP contribution in [-0.4, -0.2) is 50.1 Å². The Balaban J connectivity index is 2.23. The number of ketones is 1. The van der Waals surface area contributed by atoms with E-state index in [4.69, 9.17) is 9.47 Å². The van der Waals surface area contributed by atoms with Crippen LogP contribution in [0.4, 0.5) is 5.69 Å². The number of aliphatic hydroxyl groups is 1. The Labute approximate surface area is 194 Å². The lowest BCUT2D eigenvalue weighted by Gasteiger charge is -2.45. The van der Waals surface area contributed by atoms with E-state index < -0.39 is 47.5 Å². The molecule has 1 aliphatic rings. The number of hydrogen-bond donors (Lipinski definition) is 1. The van der Waals surface area contributed by atoms with E-state index in [1.807, 2.05) is 31.1 Å². The molecular formula is C26H31NO6. The maximum Gasteiger partial charge on any atom is 0.317 e. The summed E-state index contributed by atoms with van der Waals surface area (Å²) in [7, 11) is 3.80. The molecule has 1 N–H and O–H groups in total. The molecule has 4 atom stereocenters. The molecule has 0 amide bonds. The fraction of sp³-hybridized carbons (Fsp3) is 0.423. The quantitative estimate of drug-likeness (QED) is 0.509. The van der Waals surface area contributed by atoms with Crippen molar-refractivity contribution in [2.45, 2.75) is 31.8 Å². The molecule has 1 aliphatic carbocycles. The van der Waals surface area contributed by atoms with Crippen LogP contribution in [0.15, 0.2) is 54.6 Å². The number of benzene rings is 2. The largest absolute Gasteiger partial charge is 0.466 e. The van der Waals surface area contributed by atoms with Crippen molar-refractivity contribution in [1.29, 1.82) is 0 Å². The standard InChI is InChI=1S/C26H31NO6/c1-5-32-24(29)22-20(28)16-26(31,18-10-8-7-9-11-18)23(25(30)33-6-2)21(22)17-12-14-19(15-13-17)27(3)4/h7-15,21-23,31H,5-6,16H2,1-4H3/t21-,22-,23-,26-/m1/s1. The van der Waals surface area contributed by atoms with E-state index >= 15 is 0 Å². The van der Waals surface area contributed by atoms with E-state index in [2.05, 4.69) is 0 Å². The van der Waals surface area contributed by atoms with Gasteiger partial charge in [-0.15, -0.1) is 0 Å². The molecule has 2 aromatic rings. The maximum atomic E-state index is 13.4. The Bertz CT molecular complexity index is 988. The Hall–Kier alpha value is -3.19. The average Bonchev–Trinajstić information content (AvgIpc) is 2.79. The Morgan fingerprint density at radius 3 is 2.09 bits per heavy atom. The van der Waals surface area contributed by atoms with Crippen LogP contribution in [0.3, 0.4) is 0 Å². The van der Waals surface area contributed by atoms with Crippen molar-refractivity contribution >= 4 is 23.4 Å². The van der Waals surface area contributed by atoms with Crippen molar-refractivity contribution in [3.63, 3.8) is 0 Å². The molecule has 0 heterocycles. The Morgan fingerprint density at radius 1 is 0.970 bits per heavy atom. The second-order valence-corrected chi connectivity index (χ2v) is 8.40. The molecule has 0 radical (unpaired) electrons. The van der Waals surface area contributed by atoms with Gasteiger partial charge in [-0.05, 0) is 37.1 Å². The molecule has 0 spiro atoms. The SMILES string of the molecule is CCOC(=O)[C@@H]1C(=O)C[C@@](O)(c2ccccc2)[C@@H](C(=O)OCC)[C@@H]1c1ccc(N(C)C)cc1. The van der Waals surface area contributed by atoms with Gasteiger partial charge < -0.3 is 19.5 Å². The molecule has 7 nitrogen and oxygen atoms in total. The van der Waals surface area contributed by atoms with Crippen LogP contribution in [0.5, 0.6) is 0 Å². The molecule has 0 saturated heterocycles. The first kappa shape index (κ1) is 24.5. The second kappa shape index (κ2) is 10.2. The van der Waals surface area contributed by atoms with E-state index in [0.717, 1.165) is 5.69 Å². The van der Waals surface area contributed by atoms with E-state index in [1.54, 1.807) is 56.3 Å². The molecule has 1 saturated carbocycles. The molecule has 0 aliphatic heterocycles. The summed E-state index contributed by atoms with van der Waals surface area (Å²) in [5.74, 6) is -5.19. The monoisotopic (exact) mass is 453 g/mol. The number of Topliss-reactive ketones (excluding diaryl/α,β-unsaturated/α-hetero) is 1. The molecule has 0 aromatic heterocycles. The van der Waals surface area contributed by atoms with Gasteiger partial charge >= 0.3 is 11.9 Å². The first-order valence-corrected chi connectivity index (χ1v) is 11.2. The number of carbonyl (C=O) groups is 3. The second-order valence-electron chi connectivity index (χ2n) is 8.40. The van der Waals surface area contributed by atoms with Gasteiger partial charge in [-0.1, -0.05) is 42.5 Å². The minimum absolute atomic E-state index is 0.0991. The summed E-state index contributed by atoms with van der Waals surface area (Å²) in [6.07, 6.45) is -0.393. The third kappa shape index (κ3) is 4.78. The van der Waals surface area contributed by atoms with Gasteiger partial charge in [-0.2, -0.15) is 0 Å². The van der Waals surface area contributed by atoms with Crippen LogP contribution in [0.1, 0.15) is 37.3 Å². The third-order valence-electron chi connectivity index (χ3n) is 6.17. The van der Waals surface area contributed by atoms with Crippen molar-refractivity contribution in [3.8, 4) is 0 Å². The van der Waals surface area contributed by atoms with Crippen LogP contribution in [0, 0.1) is 11.8 Å². The highest BCUT2D eigenvalue weighted by Gasteiger charge is 2.59. The first-order chi connectivity index (χ1) is 15.7. The molecule has 33 heavy (non-hydrogen) atoms. The summed E-state index contributed by atoms with van der Waals surface area (Å²) >= 11 is 0. The highest BCUT2D eigenvalue weighted by atomic mass is 16.5. The smallest absolute Gasteiger partial charge is 0.317 e. The minimum Gasteiger partial charge on any atom is -0.466 e. The van der Waals surface area contributed by atoms with E-state index in [0.29, 0.717) is 11.1 Å². The lowest BCUT2D eigenvalue weighted by Crippen LogP contribution is -2.55. The predicted octanol–water partition coefficient (Wildman–Crippen LogP) is 3.06. The van der Waals surface area contributed by atoms with Gasteiger partial charge in [0.1, 0.15) is 11.5 Å². The van der Waals surface area contributed by atoms with Crippen molar-refractivity contribution < 1.29 is 29.0 Å². The zero-order chi connectivity index (χ0) is 24.2. The van der Waals surface area contributed by atoms with Crippen LogP contribution >= 0.6 is 0 Å². The van der Waals surface area contributed by atoms with Gasteiger partial charge in [-0.3, -0.25) is 14.4 Å².